The van der Waals surface area contributed by atoms with E-state index >= 15 is 0 Å². The minimum Gasteiger partial charge on any atom is -0.340 e. The zero-order valence-electron chi connectivity index (χ0n) is 14.3. The molecule has 1 N–H and O–H groups in total. The maximum Gasteiger partial charge on any atom is 0.329 e. The molecule has 0 saturated heterocycles. The molecule has 1 amide bonds. The highest BCUT2D eigenvalue weighted by atomic mass is 16.2. The molecule has 0 unspecified atom stereocenters. The molecule has 0 radical (unpaired) electrons. The third kappa shape index (κ3) is 3.10. The third-order valence-corrected chi connectivity index (χ3v) is 4.28. The highest BCUT2D eigenvalue weighted by molar-refractivity contribution is 5.78. The SMILES string of the molecule is Cc1ccccc1CN(C)C(=O)Cn1cnc2[nH]c(=O)n(C)c(=O)c21. The Labute approximate surface area is 143 Å². The molecule has 3 aromatic rings. The van der Waals surface area contributed by atoms with Gasteiger partial charge in [0.05, 0.1) is 6.33 Å². The van der Waals surface area contributed by atoms with Crippen LogP contribution in [0.15, 0.2) is 40.2 Å². The van der Waals surface area contributed by atoms with Crippen molar-refractivity contribution >= 4 is 17.1 Å². The Bertz CT molecular complexity index is 1060. The number of hydrogen-bond donors (Lipinski definition) is 1. The summed E-state index contributed by atoms with van der Waals surface area (Å²) in [5.74, 6) is -0.157. The smallest absolute Gasteiger partial charge is 0.329 e. The number of aromatic nitrogens is 4. The Balaban J connectivity index is 1.85. The Hall–Kier alpha value is -3.16. The quantitative estimate of drug-likeness (QED) is 0.743. The predicted molar refractivity (Wildman–Crippen MR) is 93.2 cm³/mol. The van der Waals surface area contributed by atoms with Crippen LogP contribution in [-0.2, 0) is 24.9 Å². The van der Waals surface area contributed by atoms with Crippen LogP contribution in [0.25, 0.3) is 11.2 Å². The summed E-state index contributed by atoms with van der Waals surface area (Å²) in [6.07, 6.45) is 1.39. The van der Waals surface area contributed by atoms with Gasteiger partial charge < -0.3 is 9.47 Å². The highest BCUT2D eigenvalue weighted by Gasteiger charge is 2.16. The molecule has 0 atom stereocenters. The molecule has 0 aliphatic carbocycles. The van der Waals surface area contributed by atoms with E-state index in [1.54, 1.807) is 11.9 Å². The second-order valence-corrected chi connectivity index (χ2v) is 6.04. The first-order valence-electron chi connectivity index (χ1n) is 7.81. The van der Waals surface area contributed by atoms with Gasteiger partial charge >= 0.3 is 5.69 Å². The summed E-state index contributed by atoms with van der Waals surface area (Å²) in [5.41, 5.74) is 1.55. The van der Waals surface area contributed by atoms with Gasteiger partial charge in [0, 0.05) is 20.6 Å². The number of carbonyl (C=O) groups excluding carboxylic acids is 1. The van der Waals surface area contributed by atoms with Crippen molar-refractivity contribution in [1.82, 2.24) is 24.0 Å². The van der Waals surface area contributed by atoms with Gasteiger partial charge in [-0.15, -0.1) is 0 Å². The van der Waals surface area contributed by atoms with Crippen LogP contribution in [0.1, 0.15) is 11.1 Å². The number of imidazole rings is 1. The summed E-state index contributed by atoms with van der Waals surface area (Å²) in [4.78, 5) is 44.6. The topological polar surface area (TPSA) is 93.0 Å². The Morgan fingerprint density at radius 1 is 1.28 bits per heavy atom. The van der Waals surface area contributed by atoms with E-state index in [0.717, 1.165) is 15.7 Å². The largest absolute Gasteiger partial charge is 0.340 e. The number of hydrogen-bond acceptors (Lipinski definition) is 4. The van der Waals surface area contributed by atoms with Gasteiger partial charge in [-0.1, -0.05) is 24.3 Å². The van der Waals surface area contributed by atoms with E-state index in [4.69, 9.17) is 0 Å². The summed E-state index contributed by atoms with van der Waals surface area (Å²) in [5, 5.41) is 0. The van der Waals surface area contributed by atoms with Crippen LogP contribution in [0.5, 0.6) is 0 Å². The zero-order chi connectivity index (χ0) is 18.1. The normalized spacial score (nSPS) is 11.0. The van der Waals surface area contributed by atoms with Crippen LogP contribution < -0.4 is 11.2 Å². The van der Waals surface area contributed by atoms with Crippen molar-refractivity contribution in [2.45, 2.75) is 20.0 Å². The maximum atomic E-state index is 12.5. The number of likely N-dealkylation sites (N-methyl/N-ethyl adjacent to an activating group) is 1. The molecule has 2 heterocycles. The minimum atomic E-state index is -0.536. The van der Waals surface area contributed by atoms with Crippen LogP contribution >= 0.6 is 0 Å². The van der Waals surface area contributed by atoms with Gasteiger partial charge in [-0.05, 0) is 18.1 Å². The van der Waals surface area contributed by atoms with Gasteiger partial charge in [0.2, 0.25) is 5.91 Å². The number of nitrogens with one attached hydrogen (secondary N) is 1. The van der Waals surface area contributed by atoms with Gasteiger partial charge in [-0.25, -0.2) is 9.78 Å². The highest BCUT2D eigenvalue weighted by Crippen LogP contribution is 2.10. The summed E-state index contributed by atoms with van der Waals surface area (Å²) in [6, 6.07) is 7.86. The molecule has 0 saturated carbocycles. The Morgan fingerprint density at radius 3 is 2.72 bits per heavy atom. The standard InChI is InChI=1S/C17H19N5O3/c1-11-6-4-5-7-12(11)8-20(2)13(23)9-22-10-18-15-14(22)16(24)21(3)17(25)19-15/h4-7,10H,8-9H2,1-3H3,(H,19,25). The molecule has 8 heteroatoms. The fraction of sp³-hybridized carbons (Fsp3) is 0.294. The molecule has 8 nitrogen and oxygen atoms in total. The molecule has 3 rings (SSSR count). The van der Waals surface area contributed by atoms with E-state index < -0.39 is 11.2 Å². The summed E-state index contributed by atoms with van der Waals surface area (Å²) in [6.45, 7) is 2.45. The molecule has 0 spiro atoms. The van der Waals surface area contributed by atoms with Crippen molar-refractivity contribution in [3.63, 3.8) is 0 Å². The molecule has 130 valence electrons. The van der Waals surface area contributed by atoms with Crippen molar-refractivity contribution in [1.29, 1.82) is 0 Å². The number of H-pyrrole nitrogens is 1. The van der Waals surface area contributed by atoms with Crippen molar-refractivity contribution in [2.75, 3.05) is 7.05 Å². The van der Waals surface area contributed by atoms with Crippen molar-refractivity contribution in [2.24, 2.45) is 7.05 Å². The fourth-order valence-corrected chi connectivity index (χ4v) is 2.65. The number of rotatable bonds is 4. The molecule has 2 aromatic heterocycles. The number of carbonyl (C=O) groups is 1. The van der Waals surface area contributed by atoms with Crippen LogP contribution in [0.4, 0.5) is 0 Å². The Morgan fingerprint density at radius 2 is 2.00 bits per heavy atom. The van der Waals surface area contributed by atoms with Crippen molar-refractivity contribution < 1.29 is 4.79 Å². The monoisotopic (exact) mass is 341 g/mol. The lowest BCUT2D eigenvalue weighted by Crippen LogP contribution is -2.34. The van der Waals surface area contributed by atoms with E-state index in [9.17, 15) is 14.4 Å². The average Bonchev–Trinajstić information content (AvgIpc) is 2.97. The molecule has 0 bridgehead atoms. The lowest BCUT2D eigenvalue weighted by molar-refractivity contribution is -0.131. The number of nitrogens with zero attached hydrogens (tertiary/aromatic N) is 4. The zero-order valence-corrected chi connectivity index (χ0v) is 14.3. The maximum absolute atomic E-state index is 12.5. The first kappa shape index (κ1) is 16.7. The lowest BCUT2D eigenvalue weighted by Gasteiger charge is -2.19. The first-order valence-corrected chi connectivity index (χ1v) is 7.81. The second-order valence-electron chi connectivity index (χ2n) is 6.04. The molecular weight excluding hydrogens is 322 g/mol. The Kier molecular flexibility index (Phi) is 4.26. The molecular formula is C17H19N5O3. The lowest BCUT2D eigenvalue weighted by atomic mass is 10.1. The van der Waals surface area contributed by atoms with Gasteiger partial charge in [-0.3, -0.25) is 19.1 Å². The van der Waals surface area contributed by atoms with E-state index in [1.807, 2.05) is 31.2 Å². The number of benzene rings is 1. The van der Waals surface area contributed by atoms with Crippen LogP contribution in [0.3, 0.4) is 0 Å². The van der Waals surface area contributed by atoms with E-state index in [0.29, 0.717) is 6.54 Å². The predicted octanol–water partition coefficient (Wildman–Crippen LogP) is 0.390. The minimum absolute atomic E-state index is 0.0276. The van der Waals surface area contributed by atoms with Crippen LogP contribution in [0, 0.1) is 6.92 Å². The molecule has 1 aromatic carbocycles. The van der Waals surface area contributed by atoms with Crippen molar-refractivity contribution in [3.05, 3.63) is 62.6 Å². The van der Waals surface area contributed by atoms with Crippen LogP contribution in [-0.4, -0.2) is 37.0 Å². The number of aromatic amines is 1. The fourth-order valence-electron chi connectivity index (χ4n) is 2.65. The van der Waals surface area contributed by atoms with Crippen molar-refractivity contribution in [3.8, 4) is 0 Å². The van der Waals surface area contributed by atoms with Crippen LogP contribution in [0.2, 0.25) is 0 Å². The summed E-state index contributed by atoms with van der Waals surface area (Å²) in [7, 11) is 3.10. The number of amides is 1. The number of aryl methyl sites for hydroxylation is 1. The molecule has 25 heavy (non-hydrogen) atoms. The van der Waals surface area contributed by atoms with Gasteiger partial charge in [0.15, 0.2) is 11.2 Å². The van der Waals surface area contributed by atoms with Gasteiger partial charge in [0.25, 0.3) is 5.56 Å². The number of fused-ring (bicyclic) bond motifs is 1. The summed E-state index contributed by atoms with van der Waals surface area (Å²) >= 11 is 0. The molecule has 0 fully saturated rings. The molecule has 0 aliphatic heterocycles. The third-order valence-electron chi connectivity index (χ3n) is 4.28. The van der Waals surface area contributed by atoms with E-state index in [-0.39, 0.29) is 23.6 Å². The second kappa shape index (κ2) is 6.39. The average molecular weight is 341 g/mol. The van der Waals surface area contributed by atoms with E-state index in [2.05, 4.69) is 9.97 Å². The first-order chi connectivity index (χ1) is 11.9. The van der Waals surface area contributed by atoms with Gasteiger partial charge in [0.1, 0.15) is 6.54 Å². The van der Waals surface area contributed by atoms with Gasteiger partial charge in [-0.2, -0.15) is 0 Å². The molecule has 0 aliphatic rings. The van der Waals surface area contributed by atoms with E-state index in [1.165, 1.54) is 17.9 Å². The summed E-state index contributed by atoms with van der Waals surface area (Å²) < 4.78 is 2.42.